The van der Waals surface area contributed by atoms with Crippen LogP contribution in [0.1, 0.15) is 11.1 Å². The van der Waals surface area contributed by atoms with Gasteiger partial charge in [-0.15, -0.1) is 0 Å². The monoisotopic (exact) mass is 346 g/mol. The SMILES string of the molecule is Cc1ccc(NC(=O)C(=O)Nc2cccc(Br)c2)c(C)c1. The van der Waals surface area contributed by atoms with Crippen molar-refractivity contribution in [3.63, 3.8) is 0 Å². The molecule has 0 spiro atoms. The van der Waals surface area contributed by atoms with Gasteiger partial charge >= 0.3 is 11.8 Å². The zero-order valence-corrected chi connectivity index (χ0v) is 13.3. The molecular weight excluding hydrogens is 332 g/mol. The van der Waals surface area contributed by atoms with E-state index in [9.17, 15) is 9.59 Å². The van der Waals surface area contributed by atoms with Crippen LogP contribution in [0, 0.1) is 13.8 Å². The van der Waals surface area contributed by atoms with Crippen LogP contribution in [0.2, 0.25) is 0 Å². The van der Waals surface area contributed by atoms with Gasteiger partial charge in [-0.2, -0.15) is 0 Å². The Morgan fingerprint density at radius 2 is 1.67 bits per heavy atom. The predicted octanol–water partition coefficient (Wildman–Crippen LogP) is 3.64. The Morgan fingerprint density at radius 1 is 0.952 bits per heavy atom. The van der Waals surface area contributed by atoms with Gasteiger partial charge in [0.25, 0.3) is 0 Å². The molecule has 0 aliphatic carbocycles. The molecule has 0 aliphatic heterocycles. The molecule has 108 valence electrons. The zero-order chi connectivity index (χ0) is 15.4. The van der Waals surface area contributed by atoms with Gasteiger partial charge in [-0.25, -0.2) is 0 Å². The largest absolute Gasteiger partial charge is 0.318 e. The van der Waals surface area contributed by atoms with E-state index >= 15 is 0 Å². The highest BCUT2D eigenvalue weighted by atomic mass is 79.9. The Labute approximate surface area is 131 Å². The van der Waals surface area contributed by atoms with Gasteiger partial charge in [-0.1, -0.05) is 39.7 Å². The second kappa shape index (κ2) is 6.54. The lowest BCUT2D eigenvalue weighted by Gasteiger charge is -2.09. The summed E-state index contributed by atoms with van der Waals surface area (Å²) >= 11 is 3.31. The van der Waals surface area contributed by atoms with E-state index in [4.69, 9.17) is 0 Å². The van der Waals surface area contributed by atoms with Crippen molar-refractivity contribution >= 4 is 39.1 Å². The van der Waals surface area contributed by atoms with Crippen LogP contribution in [0.3, 0.4) is 0 Å². The van der Waals surface area contributed by atoms with Crippen LogP contribution in [-0.4, -0.2) is 11.8 Å². The third-order valence-corrected chi connectivity index (χ3v) is 3.41. The molecule has 2 aromatic carbocycles. The molecule has 0 radical (unpaired) electrons. The normalized spacial score (nSPS) is 10.0. The fourth-order valence-electron chi connectivity index (χ4n) is 1.89. The molecule has 0 aliphatic rings. The lowest BCUT2D eigenvalue weighted by atomic mass is 10.1. The van der Waals surface area contributed by atoms with E-state index in [1.54, 1.807) is 24.3 Å². The number of carbonyl (C=O) groups is 2. The molecular formula is C16H15BrN2O2. The highest BCUT2D eigenvalue weighted by Gasteiger charge is 2.15. The Bertz CT molecular complexity index is 698. The number of anilines is 2. The van der Waals surface area contributed by atoms with Gasteiger partial charge in [-0.3, -0.25) is 9.59 Å². The van der Waals surface area contributed by atoms with E-state index in [0.29, 0.717) is 11.4 Å². The summed E-state index contributed by atoms with van der Waals surface area (Å²) in [7, 11) is 0. The summed E-state index contributed by atoms with van der Waals surface area (Å²) in [4.78, 5) is 23.8. The molecule has 4 nitrogen and oxygen atoms in total. The topological polar surface area (TPSA) is 58.2 Å². The maximum atomic E-state index is 11.9. The summed E-state index contributed by atoms with van der Waals surface area (Å²) in [6.45, 7) is 3.85. The summed E-state index contributed by atoms with van der Waals surface area (Å²) in [5, 5.41) is 5.16. The average molecular weight is 347 g/mol. The van der Waals surface area contributed by atoms with Gasteiger partial charge in [0.1, 0.15) is 0 Å². The van der Waals surface area contributed by atoms with E-state index in [0.717, 1.165) is 15.6 Å². The number of nitrogens with one attached hydrogen (secondary N) is 2. The van der Waals surface area contributed by atoms with Crippen LogP contribution in [-0.2, 0) is 9.59 Å². The Balaban J connectivity index is 2.04. The molecule has 5 heteroatoms. The first-order chi connectivity index (χ1) is 9.95. The zero-order valence-electron chi connectivity index (χ0n) is 11.7. The van der Waals surface area contributed by atoms with Gasteiger partial charge in [0.2, 0.25) is 0 Å². The first-order valence-corrected chi connectivity index (χ1v) is 7.20. The highest BCUT2D eigenvalue weighted by Crippen LogP contribution is 2.17. The van der Waals surface area contributed by atoms with Gasteiger partial charge in [0.05, 0.1) is 0 Å². The van der Waals surface area contributed by atoms with E-state index < -0.39 is 11.8 Å². The van der Waals surface area contributed by atoms with Crippen molar-refractivity contribution in [1.29, 1.82) is 0 Å². The number of hydrogen-bond donors (Lipinski definition) is 2. The van der Waals surface area contributed by atoms with E-state index in [1.807, 2.05) is 32.0 Å². The van der Waals surface area contributed by atoms with Crippen LogP contribution >= 0.6 is 15.9 Å². The van der Waals surface area contributed by atoms with Gasteiger partial charge < -0.3 is 10.6 Å². The summed E-state index contributed by atoms with van der Waals surface area (Å²) in [5.41, 5.74) is 3.21. The fourth-order valence-corrected chi connectivity index (χ4v) is 2.29. The number of hydrogen-bond acceptors (Lipinski definition) is 2. The van der Waals surface area contributed by atoms with Gasteiger partial charge in [0, 0.05) is 15.8 Å². The van der Waals surface area contributed by atoms with Crippen molar-refractivity contribution in [2.24, 2.45) is 0 Å². The van der Waals surface area contributed by atoms with E-state index in [-0.39, 0.29) is 0 Å². The maximum Gasteiger partial charge on any atom is 0.314 e. The molecule has 21 heavy (non-hydrogen) atoms. The highest BCUT2D eigenvalue weighted by molar-refractivity contribution is 9.10. The molecule has 2 aromatic rings. The smallest absolute Gasteiger partial charge is 0.314 e. The average Bonchev–Trinajstić information content (AvgIpc) is 2.41. The molecule has 0 saturated carbocycles. The minimum Gasteiger partial charge on any atom is -0.318 e. The molecule has 0 heterocycles. The van der Waals surface area contributed by atoms with Crippen LogP contribution in [0.5, 0.6) is 0 Å². The third-order valence-electron chi connectivity index (χ3n) is 2.92. The predicted molar refractivity (Wildman–Crippen MR) is 87.3 cm³/mol. The minimum absolute atomic E-state index is 0.560. The Morgan fingerprint density at radius 3 is 2.33 bits per heavy atom. The molecule has 0 unspecified atom stereocenters. The van der Waals surface area contributed by atoms with Gasteiger partial charge in [-0.05, 0) is 43.7 Å². The van der Waals surface area contributed by atoms with Crippen molar-refractivity contribution in [3.05, 3.63) is 58.1 Å². The molecule has 0 saturated heterocycles. The van der Waals surface area contributed by atoms with Crippen LogP contribution in [0.15, 0.2) is 46.9 Å². The van der Waals surface area contributed by atoms with Crippen LogP contribution < -0.4 is 10.6 Å². The molecule has 0 bridgehead atoms. The van der Waals surface area contributed by atoms with E-state index in [1.165, 1.54) is 0 Å². The second-order valence-electron chi connectivity index (χ2n) is 4.74. The first kappa shape index (κ1) is 15.3. The van der Waals surface area contributed by atoms with Crippen molar-refractivity contribution < 1.29 is 9.59 Å². The van der Waals surface area contributed by atoms with Crippen molar-refractivity contribution in [2.75, 3.05) is 10.6 Å². The molecule has 2 rings (SSSR count). The summed E-state index contributed by atoms with van der Waals surface area (Å²) in [6, 6.07) is 12.7. The quantitative estimate of drug-likeness (QED) is 0.815. The summed E-state index contributed by atoms with van der Waals surface area (Å²) in [6.07, 6.45) is 0. The van der Waals surface area contributed by atoms with Gasteiger partial charge in [0.15, 0.2) is 0 Å². The number of amides is 2. The number of halogens is 1. The molecule has 2 amide bonds. The van der Waals surface area contributed by atoms with Crippen molar-refractivity contribution in [3.8, 4) is 0 Å². The number of rotatable bonds is 2. The summed E-state index contributed by atoms with van der Waals surface area (Å²) in [5.74, 6) is -1.39. The van der Waals surface area contributed by atoms with Crippen molar-refractivity contribution in [1.82, 2.24) is 0 Å². The first-order valence-electron chi connectivity index (χ1n) is 6.41. The van der Waals surface area contributed by atoms with E-state index in [2.05, 4.69) is 26.6 Å². The number of benzene rings is 2. The Kier molecular flexibility index (Phi) is 4.75. The van der Waals surface area contributed by atoms with Crippen LogP contribution in [0.4, 0.5) is 11.4 Å². The lowest BCUT2D eigenvalue weighted by Crippen LogP contribution is -2.29. The minimum atomic E-state index is -0.701. The second-order valence-corrected chi connectivity index (χ2v) is 5.65. The molecule has 0 atom stereocenters. The maximum absolute atomic E-state index is 11.9. The molecule has 0 aromatic heterocycles. The van der Waals surface area contributed by atoms with Crippen LogP contribution in [0.25, 0.3) is 0 Å². The van der Waals surface area contributed by atoms with Crippen molar-refractivity contribution in [2.45, 2.75) is 13.8 Å². The molecule has 0 fully saturated rings. The lowest BCUT2D eigenvalue weighted by molar-refractivity contribution is -0.133. The number of carbonyl (C=O) groups excluding carboxylic acids is 2. The third kappa shape index (κ3) is 4.16. The summed E-state index contributed by atoms with van der Waals surface area (Å²) < 4.78 is 0.829. The number of aryl methyl sites for hydroxylation is 2. The Hall–Kier alpha value is -2.14. The molecule has 2 N–H and O–H groups in total. The fraction of sp³-hybridized carbons (Fsp3) is 0.125. The standard InChI is InChI=1S/C16H15BrN2O2/c1-10-6-7-14(11(2)8-10)19-16(21)15(20)18-13-5-3-4-12(17)9-13/h3-9H,1-2H3,(H,18,20)(H,19,21).